The number of benzene rings is 1. The van der Waals surface area contributed by atoms with Gasteiger partial charge in [-0.2, -0.15) is 0 Å². The molecule has 3 aromatic rings. The Labute approximate surface area is 222 Å². The van der Waals surface area contributed by atoms with Crippen LogP contribution in [0.1, 0.15) is 73.0 Å². The number of carbonyl (C=O) groups is 1. The van der Waals surface area contributed by atoms with Crippen molar-refractivity contribution in [3.63, 3.8) is 0 Å². The minimum atomic E-state index is -0.457. The summed E-state index contributed by atoms with van der Waals surface area (Å²) >= 11 is 6.21. The molecule has 1 spiro atoms. The number of amides is 1. The zero-order chi connectivity index (χ0) is 25.7. The number of carbonyl (C=O) groups excluding carboxylic acids is 1. The number of rotatable bonds is 3. The molecule has 1 aliphatic carbocycles. The number of hydrogen-bond acceptors (Lipinski definition) is 5. The molecule has 1 saturated carbocycles. The number of aryl methyl sites for hydroxylation is 2. The van der Waals surface area contributed by atoms with Crippen LogP contribution < -0.4 is 0 Å². The van der Waals surface area contributed by atoms with Gasteiger partial charge >= 0.3 is 0 Å². The molecule has 1 amide bonds. The van der Waals surface area contributed by atoms with Gasteiger partial charge in [-0.1, -0.05) is 43.0 Å². The molecule has 9 heteroatoms. The lowest BCUT2D eigenvalue weighted by atomic mass is 9.83. The first-order chi connectivity index (χ1) is 17.8. The highest BCUT2D eigenvalue weighted by Gasteiger charge is 2.40. The molecular formula is C28H33ClN6O2. The van der Waals surface area contributed by atoms with Crippen molar-refractivity contribution in [2.45, 2.75) is 64.0 Å². The number of aromatic nitrogens is 4. The maximum absolute atomic E-state index is 13.8. The molecule has 37 heavy (non-hydrogen) atoms. The molecule has 4 heterocycles. The van der Waals surface area contributed by atoms with Crippen molar-refractivity contribution in [2.75, 3.05) is 19.7 Å². The zero-order valence-electron chi connectivity index (χ0n) is 21.7. The van der Waals surface area contributed by atoms with E-state index < -0.39 is 6.04 Å². The molecule has 1 atom stereocenters. The average molecular weight is 521 g/mol. The lowest BCUT2D eigenvalue weighted by Gasteiger charge is -2.45. The molecular weight excluding hydrogens is 488 g/mol. The predicted octanol–water partition coefficient (Wildman–Crippen LogP) is 4.72. The number of fused-ring (bicyclic) bond motifs is 3. The Morgan fingerprint density at radius 3 is 2.65 bits per heavy atom. The fourth-order valence-corrected chi connectivity index (χ4v) is 6.28. The van der Waals surface area contributed by atoms with Gasteiger partial charge < -0.3 is 14.2 Å². The van der Waals surface area contributed by atoms with Crippen LogP contribution in [0, 0.1) is 13.8 Å². The molecule has 2 aliphatic heterocycles. The van der Waals surface area contributed by atoms with Gasteiger partial charge in [0.2, 0.25) is 5.91 Å². The Kier molecular flexibility index (Phi) is 6.19. The maximum Gasteiger partial charge on any atom is 0.225 e. The first-order valence-electron chi connectivity index (χ1n) is 13.2. The highest BCUT2D eigenvalue weighted by molar-refractivity contribution is 6.30. The lowest BCUT2D eigenvalue weighted by Crippen LogP contribution is -2.54. The molecule has 0 N–H and O–H groups in total. The Morgan fingerprint density at radius 2 is 1.89 bits per heavy atom. The first kappa shape index (κ1) is 24.4. The normalized spacial score (nSPS) is 20.8. The van der Waals surface area contributed by atoms with Crippen LogP contribution in [-0.2, 0) is 16.6 Å². The number of aliphatic imine (C=N–C) groups is 1. The quantitative estimate of drug-likeness (QED) is 0.500. The van der Waals surface area contributed by atoms with Crippen LogP contribution in [0.3, 0.4) is 0 Å². The summed E-state index contributed by atoms with van der Waals surface area (Å²) < 4.78 is 10.4. The standard InChI is InChI=1S/C28H33ClN6O2/c1-18-25-23(16-33(18)3)35-19(2)31-32-27(35)22(30-26(25)20-7-9-21(29)10-8-20)15-24(36)34-13-14-37-28(17-34)11-5-4-6-12-28/h7-10,16,22H,4-6,11-15,17H2,1-3H3. The number of halogens is 1. The van der Waals surface area contributed by atoms with E-state index in [4.69, 9.17) is 21.3 Å². The number of hydrogen-bond donors (Lipinski definition) is 0. The third-order valence-electron chi connectivity index (χ3n) is 8.23. The topological polar surface area (TPSA) is 77.5 Å². The molecule has 8 nitrogen and oxygen atoms in total. The van der Waals surface area contributed by atoms with Gasteiger partial charge in [0.25, 0.3) is 0 Å². The van der Waals surface area contributed by atoms with Crippen LogP contribution in [0.15, 0.2) is 35.5 Å². The van der Waals surface area contributed by atoms with Gasteiger partial charge in [-0.15, -0.1) is 10.2 Å². The van der Waals surface area contributed by atoms with Crippen molar-refractivity contribution in [2.24, 2.45) is 12.0 Å². The SMILES string of the molecule is Cc1c2c(cn1C)-n1c(C)nnc1C(CC(=O)N1CCOC3(CCCCC3)C1)N=C2c1ccc(Cl)cc1. The monoisotopic (exact) mass is 520 g/mol. The Balaban J connectivity index is 1.40. The van der Waals surface area contributed by atoms with Gasteiger partial charge in [-0.05, 0) is 38.8 Å². The molecule has 1 aromatic carbocycles. The van der Waals surface area contributed by atoms with Crippen LogP contribution in [0.5, 0.6) is 0 Å². The zero-order valence-corrected chi connectivity index (χ0v) is 22.5. The molecule has 1 saturated heterocycles. The summed E-state index contributed by atoms with van der Waals surface area (Å²) in [7, 11) is 2.03. The smallest absolute Gasteiger partial charge is 0.225 e. The van der Waals surface area contributed by atoms with E-state index in [2.05, 4.69) is 32.5 Å². The highest BCUT2D eigenvalue weighted by Crippen LogP contribution is 2.37. The van der Waals surface area contributed by atoms with Crippen molar-refractivity contribution >= 4 is 23.2 Å². The summed E-state index contributed by atoms with van der Waals surface area (Å²) in [6.07, 6.45) is 7.97. The fraction of sp³-hybridized carbons (Fsp3) is 0.500. The summed E-state index contributed by atoms with van der Waals surface area (Å²) in [5.41, 5.74) is 4.71. The van der Waals surface area contributed by atoms with E-state index in [1.54, 1.807) is 0 Å². The van der Waals surface area contributed by atoms with Crippen molar-refractivity contribution in [3.05, 3.63) is 64.0 Å². The average Bonchev–Trinajstić information content (AvgIpc) is 3.37. The van der Waals surface area contributed by atoms with Crippen LogP contribution in [0.2, 0.25) is 5.02 Å². The van der Waals surface area contributed by atoms with Gasteiger partial charge in [0.1, 0.15) is 11.9 Å². The van der Waals surface area contributed by atoms with Crippen LogP contribution in [-0.4, -0.2) is 61.1 Å². The maximum atomic E-state index is 13.8. The van der Waals surface area contributed by atoms with Gasteiger partial charge in [-0.25, -0.2) is 0 Å². The van der Waals surface area contributed by atoms with Crippen molar-refractivity contribution in [1.29, 1.82) is 0 Å². The Bertz CT molecular complexity index is 1360. The molecule has 0 radical (unpaired) electrons. The van der Waals surface area contributed by atoms with E-state index in [1.165, 1.54) is 19.3 Å². The van der Waals surface area contributed by atoms with Gasteiger partial charge in [0.15, 0.2) is 5.82 Å². The third kappa shape index (κ3) is 4.30. The van der Waals surface area contributed by atoms with E-state index >= 15 is 0 Å². The molecule has 2 fully saturated rings. The minimum Gasteiger partial charge on any atom is -0.371 e. The number of morpholine rings is 1. The molecule has 6 rings (SSSR count). The minimum absolute atomic E-state index is 0.0912. The lowest BCUT2D eigenvalue weighted by molar-refractivity contribution is -0.156. The van der Waals surface area contributed by atoms with Crippen LogP contribution in [0.25, 0.3) is 5.69 Å². The van der Waals surface area contributed by atoms with E-state index in [1.807, 2.05) is 43.1 Å². The Morgan fingerprint density at radius 1 is 1.14 bits per heavy atom. The summed E-state index contributed by atoms with van der Waals surface area (Å²) in [6, 6.07) is 7.28. The van der Waals surface area contributed by atoms with Gasteiger partial charge in [0, 0.05) is 48.2 Å². The van der Waals surface area contributed by atoms with Crippen molar-refractivity contribution in [1.82, 2.24) is 24.2 Å². The van der Waals surface area contributed by atoms with Crippen molar-refractivity contribution < 1.29 is 9.53 Å². The summed E-state index contributed by atoms with van der Waals surface area (Å²) in [6.45, 7) is 5.91. The summed E-state index contributed by atoms with van der Waals surface area (Å²) in [4.78, 5) is 21.0. The summed E-state index contributed by atoms with van der Waals surface area (Å²) in [5, 5.41) is 9.61. The van der Waals surface area contributed by atoms with Crippen LogP contribution >= 0.6 is 11.6 Å². The largest absolute Gasteiger partial charge is 0.371 e. The second-order valence-corrected chi connectivity index (χ2v) is 11.1. The molecule has 194 valence electrons. The number of nitrogens with zero attached hydrogens (tertiary/aromatic N) is 6. The van der Waals surface area contributed by atoms with Gasteiger partial charge in [0.05, 0.1) is 30.0 Å². The molecule has 1 unspecified atom stereocenters. The van der Waals surface area contributed by atoms with E-state index in [0.29, 0.717) is 30.5 Å². The van der Waals surface area contributed by atoms with E-state index in [9.17, 15) is 4.79 Å². The number of ether oxygens (including phenoxy) is 1. The molecule has 0 bridgehead atoms. The highest BCUT2D eigenvalue weighted by atomic mass is 35.5. The van der Waals surface area contributed by atoms with Gasteiger partial charge in [-0.3, -0.25) is 14.4 Å². The summed E-state index contributed by atoms with van der Waals surface area (Å²) in [5.74, 6) is 1.57. The Hall–Kier alpha value is -2.97. The third-order valence-corrected chi connectivity index (χ3v) is 8.48. The predicted molar refractivity (Wildman–Crippen MR) is 143 cm³/mol. The van der Waals surface area contributed by atoms with E-state index in [-0.39, 0.29) is 17.9 Å². The molecule has 3 aliphatic rings. The second kappa shape index (κ2) is 9.40. The van der Waals surface area contributed by atoms with E-state index in [0.717, 1.165) is 46.9 Å². The molecule has 2 aromatic heterocycles. The van der Waals surface area contributed by atoms with Crippen LogP contribution in [0.4, 0.5) is 0 Å². The second-order valence-electron chi connectivity index (χ2n) is 10.6. The van der Waals surface area contributed by atoms with Crippen molar-refractivity contribution in [3.8, 4) is 5.69 Å². The first-order valence-corrected chi connectivity index (χ1v) is 13.6. The fourth-order valence-electron chi connectivity index (χ4n) is 6.15.